The lowest BCUT2D eigenvalue weighted by Gasteiger charge is -2.51. The summed E-state index contributed by atoms with van der Waals surface area (Å²) in [4.78, 5) is 53.6. The van der Waals surface area contributed by atoms with Crippen LogP contribution < -0.4 is 10.4 Å². The van der Waals surface area contributed by atoms with Gasteiger partial charge in [-0.2, -0.15) is 0 Å². The molecule has 6 atom stereocenters. The minimum absolute atomic E-state index is 0.0264. The first-order valence-corrected chi connectivity index (χ1v) is 14.6. The fourth-order valence-electron chi connectivity index (χ4n) is 7.73. The van der Waals surface area contributed by atoms with E-state index in [1.807, 2.05) is 6.08 Å². The van der Waals surface area contributed by atoms with Gasteiger partial charge in [0.05, 0.1) is 17.5 Å². The van der Waals surface area contributed by atoms with E-state index in [0.717, 1.165) is 9.80 Å². The van der Waals surface area contributed by atoms with Gasteiger partial charge in [-0.05, 0) is 53.4 Å². The van der Waals surface area contributed by atoms with Crippen LogP contribution in [-0.2, 0) is 19.2 Å². The van der Waals surface area contributed by atoms with Crippen LogP contribution >= 0.6 is 23.2 Å². The van der Waals surface area contributed by atoms with Crippen LogP contribution in [0.2, 0.25) is 0 Å². The van der Waals surface area contributed by atoms with Gasteiger partial charge in [0.15, 0.2) is 9.75 Å². The first-order valence-electron chi connectivity index (χ1n) is 13.9. The fourth-order valence-corrected chi connectivity index (χ4v) is 8.74. The van der Waals surface area contributed by atoms with E-state index in [4.69, 9.17) is 23.2 Å². The highest BCUT2D eigenvalue weighted by atomic mass is 35.5. The molecule has 3 N–H and O–H groups in total. The number of anilines is 1. The number of rotatable bonds is 3. The lowest BCUT2D eigenvalue weighted by molar-refractivity contribution is -0.138. The number of aromatic hydroxyl groups is 1. The summed E-state index contributed by atoms with van der Waals surface area (Å²) in [5.41, 5.74) is 1.53. The second-order valence-electron chi connectivity index (χ2n) is 11.7. The molecule has 4 aliphatic rings. The number of imide groups is 2. The molecule has 2 aliphatic carbocycles. The average molecular weight is 619 g/mol. The van der Waals surface area contributed by atoms with Crippen LogP contribution in [0.3, 0.4) is 0 Å². The summed E-state index contributed by atoms with van der Waals surface area (Å²) >= 11 is 14.5. The van der Waals surface area contributed by atoms with Crippen molar-refractivity contribution in [2.75, 3.05) is 11.9 Å². The summed E-state index contributed by atoms with van der Waals surface area (Å²) in [6.45, 7) is 0. The Balaban J connectivity index is 1.42. The fraction of sp³-hybridized carbons (Fsp3) is 0.290. The molecule has 0 bridgehead atoms. The van der Waals surface area contributed by atoms with E-state index in [1.165, 1.54) is 31.3 Å². The Morgan fingerprint density at radius 2 is 1.60 bits per heavy atom. The lowest BCUT2D eigenvalue weighted by atomic mass is 9.56. The first kappa shape index (κ1) is 28.1. The third-order valence-electron chi connectivity index (χ3n) is 9.69. The number of alkyl halides is 2. The molecule has 0 radical (unpaired) electrons. The SMILES string of the molecule is CN1C(=O)C2(Cl)CC3C(=CCC4C(=O)N(c5cccc(B(O)O)c5)C(=O)C43)C(c3ccc(O)c4ccccc34)C2(Cl)C1=O. The van der Waals surface area contributed by atoms with E-state index in [2.05, 4.69) is 0 Å². The first-order chi connectivity index (χ1) is 20.4. The molecule has 0 spiro atoms. The Hall–Kier alpha value is -3.70. The minimum atomic E-state index is -1.94. The number of carbonyl (C=O) groups excluding carboxylic acids is 4. The number of likely N-dealkylation sites (tertiary alicyclic amines) is 1. The predicted molar refractivity (Wildman–Crippen MR) is 160 cm³/mol. The van der Waals surface area contributed by atoms with Gasteiger partial charge in [0.1, 0.15) is 5.75 Å². The predicted octanol–water partition coefficient (Wildman–Crippen LogP) is 2.42. The van der Waals surface area contributed by atoms with Crippen LogP contribution in [0.1, 0.15) is 24.3 Å². The number of phenols is 1. The molecule has 3 aromatic carbocycles. The maximum absolute atomic E-state index is 14.2. The molecule has 12 heteroatoms. The molecule has 3 fully saturated rings. The molecule has 2 saturated heterocycles. The summed E-state index contributed by atoms with van der Waals surface area (Å²) < 4.78 is 0. The van der Waals surface area contributed by atoms with E-state index in [-0.39, 0.29) is 29.7 Å². The highest BCUT2D eigenvalue weighted by Crippen LogP contribution is 2.66. The van der Waals surface area contributed by atoms with Crippen molar-refractivity contribution in [3.05, 3.63) is 77.9 Å². The Morgan fingerprint density at radius 1 is 0.884 bits per heavy atom. The highest BCUT2D eigenvalue weighted by molar-refractivity contribution is 6.58. The van der Waals surface area contributed by atoms with Crippen LogP contribution in [0.25, 0.3) is 10.8 Å². The van der Waals surface area contributed by atoms with Gasteiger partial charge in [-0.1, -0.05) is 54.1 Å². The molecule has 9 nitrogen and oxygen atoms in total. The quantitative estimate of drug-likeness (QED) is 0.178. The zero-order valence-corrected chi connectivity index (χ0v) is 24.3. The highest BCUT2D eigenvalue weighted by Gasteiger charge is 2.76. The Labute approximate surface area is 256 Å². The molecule has 7 rings (SSSR count). The number of fused-ring (bicyclic) bond motifs is 5. The maximum atomic E-state index is 14.2. The number of hydrogen-bond acceptors (Lipinski definition) is 7. The van der Waals surface area contributed by atoms with Crippen molar-refractivity contribution in [1.82, 2.24) is 4.90 Å². The van der Waals surface area contributed by atoms with Crippen LogP contribution in [0.5, 0.6) is 5.75 Å². The second-order valence-corrected chi connectivity index (χ2v) is 12.9. The van der Waals surface area contributed by atoms with Crippen molar-refractivity contribution < 1.29 is 34.3 Å². The smallest absolute Gasteiger partial charge is 0.488 e. The monoisotopic (exact) mass is 618 g/mol. The Bertz CT molecular complexity index is 1810. The molecule has 6 unspecified atom stereocenters. The van der Waals surface area contributed by atoms with Gasteiger partial charge in [0.2, 0.25) is 11.8 Å². The number of hydrogen-bond donors (Lipinski definition) is 3. The van der Waals surface area contributed by atoms with Crippen LogP contribution in [-0.4, -0.2) is 67.6 Å². The average Bonchev–Trinajstić information content (AvgIpc) is 3.33. The molecule has 4 amide bonds. The number of phenolic OH excluding ortho intramolecular Hbond substituents is 1. The zero-order chi connectivity index (χ0) is 30.6. The summed E-state index contributed by atoms with van der Waals surface area (Å²) in [6, 6.07) is 16.1. The zero-order valence-electron chi connectivity index (χ0n) is 22.8. The Kier molecular flexibility index (Phi) is 6.14. The third kappa shape index (κ3) is 3.55. The lowest BCUT2D eigenvalue weighted by Crippen LogP contribution is -2.60. The molecule has 3 aromatic rings. The van der Waals surface area contributed by atoms with E-state index < -0.39 is 64.2 Å². The number of halogens is 2. The van der Waals surface area contributed by atoms with E-state index in [0.29, 0.717) is 21.9 Å². The molecule has 1 saturated carbocycles. The van der Waals surface area contributed by atoms with Crippen LogP contribution in [0.15, 0.2) is 72.3 Å². The number of benzene rings is 3. The van der Waals surface area contributed by atoms with Crippen molar-refractivity contribution in [1.29, 1.82) is 0 Å². The van der Waals surface area contributed by atoms with Gasteiger partial charge < -0.3 is 15.2 Å². The van der Waals surface area contributed by atoms with Crippen molar-refractivity contribution in [3.63, 3.8) is 0 Å². The van der Waals surface area contributed by atoms with Gasteiger partial charge >= 0.3 is 7.12 Å². The normalized spacial score (nSPS) is 31.7. The number of allylic oxidation sites excluding steroid dienone is 2. The van der Waals surface area contributed by atoms with Crippen molar-refractivity contribution in [2.45, 2.75) is 28.5 Å². The molecule has 2 heterocycles. The standard InChI is InChI=1S/C31H25BCl2N2O7/c1-35-28(40)30(33)14-22-20(25(31(30,34)29(35)41)19-11-12-23(37)18-8-3-2-7-17(18)19)9-10-21-24(22)27(39)36(26(21)38)16-6-4-5-15(13-16)32(42)43/h2-9,11-13,21-22,24-25,37,42-43H,10,14H2,1H3. The molecule has 218 valence electrons. The topological polar surface area (TPSA) is 135 Å². The minimum Gasteiger partial charge on any atom is -0.507 e. The van der Waals surface area contributed by atoms with E-state index >= 15 is 0 Å². The van der Waals surface area contributed by atoms with Gasteiger partial charge in [-0.25, -0.2) is 0 Å². The Morgan fingerprint density at radius 3 is 2.33 bits per heavy atom. The van der Waals surface area contributed by atoms with Gasteiger partial charge in [-0.15, -0.1) is 23.2 Å². The molecule has 0 aromatic heterocycles. The third-order valence-corrected chi connectivity index (χ3v) is 11.1. The van der Waals surface area contributed by atoms with E-state index in [1.54, 1.807) is 36.4 Å². The molecular weight excluding hydrogens is 594 g/mol. The van der Waals surface area contributed by atoms with Crippen molar-refractivity contribution in [3.8, 4) is 5.75 Å². The summed E-state index contributed by atoms with van der Waals surface area (Å²) in [7, 11) is -0.461. The maximum Gasteiger partial charge on any atom is 0.488 e. The number of amides is 4. The van der Waals surface area contributed by atoms with Crippen LogP contribution in [0.4, 0.5) is 5.69 Å². The van der Waals surface area contributed by atoms with Gasteiger partial charge in [-0.3, -0.25) is 29.0 Å². The second kappa shape index (κ2) is 9.40. The molecule has 43 heavy (non-hydrogen) atoms. The number of carbonyl (C=O) groups is 4. The van der Waals surface area contributed by atoms with Gasteiger partial charge in [0, 0.05) is 18.4 Å². The summed E-state index contributed by atoms with van der Waals surface area (Å²) in [5.74, 6) is -5.58. The summed E-state index contributed by atoms with van der Waals surface area (Å²) in [6.07, 6.45) is 1.89. The largest absolute Gasteiger partial charge is 0.507 e. The summed E-state index contributed by atoms with van der Waals surface area (Å²) in [5, 5.41) is 31.1. The van der Waals surface area contributed by atoms with Crippen molar-refractivity contribution >= 4 is 75.9 Å². The number of nitrogens with zero attached hydrogens (tertiary/aromatic N) is 2. The van der Waals surface area contributed by atoms with Crippen molar-refractivity contribution in [2.24, 2.45) is 17.8 Å². The molecular formula is C31H25BCl2N2O7. The molecule has 2 aliphatic heterocycles. The van der Waals surface area contributed by atoms with Crippen LogP contribution in [0, 0.1) is 17.8 Å². The van der Waals surface area contributed by atoms with Gasteiger partial charge in [0.25, 0.3) is 11.8 Å². The van der Waals surface area contributed by atoms with E-state index in [9.17, 15) is 34.3 Å².